The minimum atomic E-state index is -0.465. The first-order valence-corrected chi connectivity index (χ1v) is 8.29. The zero-order chi connectivity index (χ0) is 17.2. The summed E-state index contributed by atoms with van der Waals surface area (Å²) in [6.45, 7) is 2.25. The van der Waals surface area contributed by atoms with Crippen LogP contribution in [0.3, 0.4) is 0 Å². The molecular weight excluding hydrogens is 364 g/mol. The summed E-state index contributed by atoms with van der Waals surface area (Å²) in [7, 11) is 1.30. The van der Waals surface area contributed by atoms with E-state index >= 15 is 0 Å². The maximum Gasteiger partial charge on any atom is 0.337 e. The van der Waals surface area contributed by atoms with Crippen LogP contribution in [0.2, 0.25) is 0 Å². The smallest absolute Gasteiger partial charge is 0.337 e. The Kier molecular flexibility index (Phi) is 8.32. The van der Waals surface area contributed by atoms with Crippen LogP contribution in [-0.2, 0) is 14.3 Å². The van der Waals surface area contributed by atoms with Crippen molar-refractivity contribution >= 4 is 39.4 Å². The first-order valence-electron chi connectivity index (χ1n) is 7.38. The van der Waals surface area contributed by atoms with Crippen LogP contribution in [0.15, 0.2) is 24.3 Å². The van der Waals surface area contributed by atoms with Crippen molar-refractivity contribution in [2.45, 2.75) is 31.0 Å². The fourth-order valence-corrected chi connectivity index (χ4v) is 2.48. The van der Waals surface area contributed by atoms with Crippen molar-refractivity contribution in [1.82, 2.24) is 5.32 Å². The van der Waals surface area contributed by atoms with Gasteiger partial charge in [0.15, 0.2) is 0 Å². The van der Waals surface area contributed by atoms with E-state index in [9.17, 15) is 14.4 Å². The van der Waals surface area contributed by atoms with Crippen LogP contribution in [0.5, 0.6) is 0 Å². The Morgan fingerprint density at radius 3 is 2.70 bits per heavy atom. The zero-order valence-electron chi connectivity index (χ0n) is 13.2. The average molecular weight is 385 g/mol. The number of carbonyl (C=O) groups is 3. The van der Waals surface area contributed by atoms with Crippen molar-refractivity contribution in [3.8, 4) is 0 Å². The molecule has 0 heterocycles. The van der Waals surface area contributed by atoms with E-state index in [-0.39, 0.29) is 29.6 Å². The van der Waals surface area contributed by atoms with E-state index in [1.54, 1.807) is 18.2 Å². The zero-order valence-corrected chi connectivity index (χ0v) is 14.8. The molecule has 0 spiro atoms. The largest absolute Gasteiger partial charge is 0.465 e. The molecule has 0 saturated carbocycles. The summed E-state index contributed by atoms with van der Waals surface area (Å²) >= 11 is 3.30. The summed E-state index contributed by atoms with van der Waals surface area (Å²) in [6, 6.07) is 6.48. The van der Waals surface area contributed by atoms with Crippen molar-refractivity contribution in [1.29, 1.82) is 0 Å². The quantitative estimate of drug-likeness (QED) is 0.532. The number of alkyl halides is 1. The van der Waals surface area contributed by atoms with Gasteiger partial charge in [0.25, 0.3) is 0 Å². The third-order valence-electron chi connectivity index (χ3n) is 3.05. The number of esters is 1. The standard InChI is InChI=1S/C16H21BrN2O4/c1-3-5-13(17)15(21)18-9-8-14(20)19-12-7-4-6-11(10-12)16(22)23-2/h4,6-7,10,13H,3,5,8-9H2,1-2H3,(H,18,21)(H,19,20). The van der Waals surface area contributed by atoms with Crippen molar-refractivity contribution in [2.75, 3.05) is 19.0 Å². The second-order valence-electron chi connectivity index (χ2n) is 4.92. The number of methoxy groups -OCH3 is 1. The molecule has 6 nitrogen and oxygen atoms in total. The van der Waals surface area contributed by atoms with Crippen LogP contribution in [-0.4, -0.2) is 36.3 Å². The van der Waals surface area contributed by atoms with Gasteiger partial charge in [-0.2, -0.15) is 0 Å². The van der Waals surface area contributed by atoms with E-state index in [0.717, 1.165) is 12.8 Å². The molecule has 7 heteroatoms. The maximum atomic E-state index is 11.8. The molecule has 0 aliphatic rings. The number of anilines is 1. The maximum absolute atomic E-state index is 11.8. The van der Waals surface area contributed by atoms with Gasteiger partial charge in [-0.25, -0.2) is 4.79 Å². The molecule has 1 rings (SSSR count). The Balaban J connectivity index is 2.42. The monoisotopic (exact) mass is 384 g/mol. The second kappa shape index (κ2) is 9.99. The summed E-state index contributed by atoms with van der Waals surface area (Å²) in [5.41, 5.74) is 0.869. The molecule has 2 amide bonds. The van der Waals surface area contributed by atoms with Gasteiger partial charge in [0.1, 0.15) is 0 Å². The molecule has 1 unspecified atom stereocenters. The van der Waals surface area contributed by atoms with Crippen LogP contribution in [0, 0.1) is 0 Å². The number of benzene rings is 1. The van der Waals surface area contributed by atoms with E-state index < -0.39 is 5.97 Å². The third kappa shape index (κ3) is 6.81. The first-order chi connectivity index (χ1) is 11.0. The van der Waals surface area contributed by atoms with Crippen molar-refractivity contribution < 1.29 is 19.1 Å². The normalized spacial score (nSPS) is 11.4. The highest BCUT2D eigenvalue weighted by Crippen LogP contribution is 2.12. The Hall–Kier alpha value is -1.89. The summed E-state index contributed by atoms with van der Waals surface area (Å²) in [5.74, 6) is -0.825. The SMILES string of the molecule is CCCC(Br)C(=O)NCCC(=O)Nc1cccc(C(=O)OC)c1. The summed E-state index contributed by atoms with van der Waals surface area (Å²) in [5, 5.41) is 5.38. The van der Waals surface area contributed by atoms with E-state index in [2.05, 4.69) is 31.3 Å². The van der Waals surface area contributed by atoms with Crippen molar-refractivity contribution in [3.63, 3.8) is 0 Å². The summed E-state index contributed by atoms with van der Waals surface area (Å²) in [4.78, 5) is 34.7. The van der Waals surface area contributed by atoms with Gasteiger partial charge in [-0.15, -0.1) is 0 Å². The molecule has 0 aromatic heterocycles. The van der Waals surface area contributed by atoms with Gasteiger partial charge in [0.05, 0.1) is 17.5 Å². The van der Waals surface area contributed by atoms with E-state index in [1.807, 2.05) is 6.92 Å². The average Bonchev–Trinajstić information content (AvgIpc) is 2.54. The highest BCUT2D eigenvalue weighted by atomic mass is 79.9. The number of hydrogen-bond acceptors (Lipinski definition) is 4. The molecule has 1 aromatic carbocycles. The molecule has 0 bridgehead atoms. The predicted molar refractivity (Wildman–Crippen MR) is 91.7 cm³/mol. The van der Waals surface area contributed by atoms with E-state index in [4.69, 9.17) is 0 Å². The van der Waals surface area contributed by atoms with E-state index in [1.165, 1.54) is 13.2 Å². The number of hydrogen-bond donors (Lipinski definition) is 2. The lowest BCUT2D eigenvalue weighted by atomic mass is 10.2. The van der Waals surface area contributed by atoms with Gasteiger partial charge >= 0.3 is 5.97 Å². The molecule has 2 N–H and O–H groups in total. The Morgan fingerprint density at radius 2 is 2.04 bits per heavy atom. The van der Waals surface area contributed by atoms with Crippen LogP contribution in [0.25, 0.3) is 0 Å². The lowest BCUT2D eigenvalue weighted by molar-refractivity contribution is -0.120. The van der Waals surface area contributed by atoms with Gasteiger partial charge < -0.3 is 15.4 Å². The molecule has 0 fully saturated rings. The van der Waals surface area contributed by atoms with Gasteiger partial charge in [-0.3, -0.25) is 9.59 Å². The third-order valence-corrected chi connectivity index (χ3v) is 3.92. The van der Waals surface area contributed by atoms with Crippen LogP contribution < -0.4 is 10.6 Å². The minimum absolute atomic E-state index is 0.118. The lowest BCUT2D eigenvalue weighted by Gasteiger charge is -2.10. The van der Waals surface area contributed by atoms with Gasteiger partial charge in [0, 0.05) is 18.7 Å². The second-order valence-corrected chi connectivity index (χ2v) is 6.02. The Bertz CT molecular complexity index is 563. The molecular formula is C16H21BrN2O4. The number of nitrogens with one attached hydrogen (secondary N) is 2. The number of halogens is 1. The molecule has 0 aliphatic heterocycles. The van der Waals surface area contributed by atoms with Crippen molar-refractivity contribution in [2.24, 2.45) is 0 Å². The highest BCUT2D eigenvalue weighted by Gasteiger charge is 2.13. The number of carbonyl (C=O) groups excluding carboxylic acids is 3. The molecule has 1 aromatic rings. The lowest BCUT2D eigenvalue weighted by Crippen LogP contribution is -2.33. The van der Waals surface area contributed by atoms with Crippen LogP contribution in [0.1, 0.15) is 36.5 Å². The molecule has 0 saturated heterocycles. The fraction of sp³-hybridized carbons (Fsp3) is 0.438. The molecule has 0 radical (unpaired) electrons. The van der Waals surface area contributed by atoms with Crippen LogP contribution in [0.4, 0.5) is 5.69 Å². The van der Waals surface area contributed by atoms with Crippen molar-refractivity contribution in [3.05, 3.63) is 29.8 Å². The Labute approximate surface area is 144 Å². The number of rotatable bonds is 8. The topological polar surface area (TPSA) is 84.5 Å². The highest BCUT2D eigenvalue weighted by molar-refractivity contribution is 9.10. The fourth-order valence-electron chi connectivity index (χ4n) is 1.86. The predicted octanol–water partition coefficient (Wildman–Crippen LogP) is 2.48. The van der Waals surface area contributed by atoms with Gasteiger partial charge in [-0.1, -0.05) is 35.3 Å². The molecule has 1 atom stereocenters. The van der Waals surface area contributed by atoms with E-state index in [0.29, 0.717) is 11.3 Å². The molecule has 23 heavy (non-hydrogen) atoms. The molecule has 126 valence electrons. The summed E-state index contributed by atoms with van der Waals surface area (Å²) < 4.78 is 4.63. The van der Waals surface area contributed by atoms with Gasteiger partial charge in [-0.05, 0) is 24.6 Å². The van der Waals surface area contributed by atoms with Gasteiger partial charge in [0.2, 0.25) is 11.8 Å². The first kappa shape index (κ1) is 19.2. The van der Waals surface area contributed by atoms with Crippen LogP contribution >= 0.6 is 15.9 Å². The summed E-state index contributed by atoms with van der Waals surface area (Å²) in [6.07, 6.45) is 1.80. The number of amides is 2. The molecule has 0 aliphatic carbocycles. The minimum Gasteiger partial charge on any atom is -0.465 e. The number of ether oxygens (including phenoxy) is 1. The Morgan fingerprint density at radius 1 is 1.30 bits per heavy atom.